The van der Waals surface area contributed by atoms with Crippen LogP contribution < -0.4 is 0 Å². The van der Waals surface area contributed by atoms with Crippen molar-refractivity contribution in [3.05, 3.63) is 34.3 Å². The van der Waals surface area contributed by atoms with E-state index in [-0.39, 0.29) is 6.61 Å². The first kappa shape index (κ1) is 12.7. The van der Waals surface area contributed by atoms with Gasteiger partial charge in [-0.05, 0) is 55.1 Å². The van der Waals surface area contributed by atoms with Crippen molar-refractivity contribution in [3.63, 3.8) is 0 Å². The van der Waals surface area contributed by atoms with Crippen LogP contribution in [-0.4, -0.2) is 11.7 Å². The van der Waals surface area contributed by atoms with Gasteiger partial charge in [0, 0.05) is 17.0 Å². The average Bonchev–Trinajstić information content (AvgIpc) is 2.99. The third kappa shape index (κ3) is 2.37. The quantitative estimate of drug-likeness (QED) is 0.876. The summed E-state index contributed by atoms with van der Waals surface area (Å²) in [4.78, 5) is 0. The van der Waals surface area contributed by atoms with E-state index in [1.54, 1.807) is 0 Å². The van der Waals surface area contributed by atoms with Gasteiger partial charge in [0.25, 0.3) is 0 Å². The molecule has 2 aliphatic carbocycles. The minimum Gasteiger partial charge on any atom is -0.396 e. The zero-order valence-corrected chi connectivity index (χ0v) is 12.3. The largest absolute Gasteiger partial charge is 0.396 e. The van der Waals surface area contributed by atoms with Gasteiger partial charge < -0.3 is 5.11 Å². The Morgan fingerprint density at radius 1 is 1.22 bits per heavy atom. The van der Waals surface area contributed by atoms with E-state index in [4.69, 9.17) is 0 Å². The van der Waals surface area contributed by atoms with Crippen LogP contribution in [0, 0.1) is 17.8 Å². The second kappa shape index (κ2) is 5.34. The molecule has 0 amide bonds. The number of aliphatic hydroxyl groups is 1. The molecule has 1 N–H and O–H groups in total. The number of halogens is 1. The van der Waals surface area contributed by atoms with Gasteiger partial charge in [0.2, 0.25) is 0 Å². The fourth-order valence-corrected chi connectivity index (χ4v) is 4.75. The molecule has 0 aromatic heterocycles. The highest BCUT2D eigenvalue weighted by molar-refractivity contribution is 9.10. The Kier molecular flexibility index (Phi) is 3.76. The smallest absolute Gasteiger partial charge is 0.0500 e. The standard InChI is InChI=1S/C16H21BrO/c17-16-4-2-1-3-15(16)14(10-18)9-13-8-11-5-6-12(13)7-11/h1-4,11-14,18H,5-10H2. The average molecular weight is 309 g/mol. The lowest BCUT2D eigenvalue weighted by molar-refractivity contribution is 0.218. The van der Waals surface area contributed by atoms with Gasteiger partial charge in [-0.2, -0.15) is 0 Å². The Bertz CT molecular complexity index is 417. The van der Waals surface area contributed by atoms with E-state index in [0.717, 1.165) is 22.2 Å². The summed E-state index contributed by atoms with van der Waals surface area (Å²) >= 11 is 3.62. The third-order valence-electron chi connectivity index (χ3n) is 5.04. The van der Waals surface area contributed by atoms with Crippen LogP contribution in [0.25, 0.3) is 0 Å². The maximum atomic E-state index is 9.71. The minimum absolute atomic E-state index is 0.274. The number of fused-ring (bicyclic) bond motifs is 2. The molecule has 0 radical (unpaired) electrons. The van der Waals surface area contributed by atoms with Crippen molar-refractivity contribution in [1.29, 1.82) is 0 Å². The van der Waals surface area contributed by atoms with Crippen LogP contribution in [0.4, 0.5) is 0 Å². The van der Waals surface area contributed by atoms with Crippen LogP contribution in [0.3, 0.4) is 0 Å². The Morgan fingerprint density at radius 2 is 2.06 bits per heavy atom. The Labute approximate surface area is 118 Å². The van der Waals surface area contributed by atoms with Crippen molar-refractivity contribution in [2.75, 3.05) is 6.61 Å². The number of benzene rings is 1. The van der Waals surface area contributed by atoms with Gasteiger partial charge in [-0.15, -0.1) is 0 Å². The van der Waals surface area contributed by atoms with E-state index in [2.05, 4.69) is 34.1 Å². The van der Waals surface area contributed by atoms with Crippen LogP contribution >= 0.6 is 15.9 Å². The molecule has 1 aromatic carbocycles. The second-order valence-corrected chi connectivity index (χ2v) is 6.93. The van der Waals surface area contributed by atoms with Gasteiger partial charge in [-0.1, -0.05) is 40.5 Å². The summed E-state index contributed by atoms with van der Waals surface area (Å²) in [5.74, 6) is 3.11. The first-order chi connectivity index (χ1) is 8.78. The lowest BCUT2D eigenvalue weighted by Gasteiger charge is -2.26. The molecule has 2 saturated carbocycles. The molecule has 1 aromatic rings. The molecule has 2 heteroatoms. The van der Waals surface area contributed by atoms with E-state index in [1.807, 2.05) is 6.07 Å². The predicted molar refractivity (Wildman–Crippen MR) is 77.5 cm³/mol. The van der Waals surface area contributed by atoms with Crippen molar-refractivity contribution >= 4 is 15.9 Å². The van der Waals surface area contributed by atoms with Crippen molar-refractivity contribution < 1.29 is 5.11 Å². The number of aliphatic hydroxyl groups excluding tert-OH is 1. The van der Waals surface area contributed by atoms with Gasteiger partial charge in [-0.3, -0.25) is 0 Å². The topological polar surface area (TPSA) is 20.2 Å². The number of hydrogen-bond donors (Lipinski definition) is 1. The molecule has 98 valence electrons. The molecule has 4 atom stereocenters. The monoisotopic (exact) mass is 308 g/mol. The predicted octanol–water partition coefficient (Wildman–Crippen LogP) is 4.35. The molecule has 2 aliphatic rings. The van der Waals surface area contributed by atoms with Gasteiger partial charge in [0.05, 0.1) is 0 Å². The molecule has 18 heavy (non-hydrogen) atoms. The summed E-state index contributed by atoms with van der Waals surface area (Å²) in [5.41, 5.74) is 1.28. The molecule has 0 spiro atoms. The van der Waals surface area contributed by atoms with Gasteiger partial charge in [0.15, 0.2) is 0 Å². The normalized spacial score (nSPS) is 31.8. The van der Waals surface area contributed by atoms with Crippen LogP contribution in [0.15, 0.2) is 28.7 Å². The molecular weight excluding hydrogens is 288 g/mol. The first-order valence-corrected chi connectivity index (χ1v) is 7.92. The maximum Gasteiger partial charge on any atom is 0.0500 e. The number of rotatable bonds is 4. The molecule has 0 heterocycles. The summed E-state index contributed by atoms with van der Waals surface area (Å²) in [6.07, 6.45) is 6.92. The molecule has 0 aliphatic heterocycles. The minimum atomic E-state index is 0.274. The van der Waals surface area contributed by atoms with Gasteiger partial charge >= 0.3 is 0 Å². The van der Waals surface area contributed by atoms with Crippen molar-refractivity contribution in [1.82, 2.24) is 0 Å². The van der Waals surface area contributed by atoms with Crippen LogP contribution in [0.2, 0.25) is 0 Å². The Balaban J connectivity index is 1.72. The highest BCUT2D eigenvalue weighted by Gasteiger charge is 2.40. The SMILES string of the molecule is OCC(CC1CC2CCC1C2)c1ccccc1Br. The van der Waals surface area contributed by atoms with E-state index >= 15 is 0 Å². The highest BCUT2D eigenvalue weighted by Crippen LogP contribution is 2.51. The van der Waals surface area contributed by atoms with Gasteiger partial charge in [-0.25, -0.2) is 0 Å². The molecule has 1 nitrogen and oxygen atoms in total. The van der Waals surface area contributed by atoms with Crippen LogP contribution in [-0.2, 0) is 0 Å². The van der Waals surface area contributed by atoms with Crippen LogP contribution in [0.1, 0.15) is 43.6 Å². The zero-order valence-electron chi connectivity index (χ0n) is 10.7. The lowest BCUT2D eigenvalue weighted by Crippen LogP contribution is -2.16. The van der Waals surface area contributed by atoms with E-state index in [9.17, 15) is 5.11 Å². The highest BCUT2D eigenvalue weighted by atomic mass is 79.9. The summed E-state index contributed by atoms with van der Waals surface area (Å²) in [5, 5.41) is 9.71. The summed E-state index contributed by atoms with van der Waals surface area (Å²) in [6.45, 7) is 0.274. The van der Waals surface area contributed by atoms with E-state index in [0.29, 0.717) is 5.92 Å². The molecular formula is C16H21BrO. The molecule has 2 fully saturated rings. The summed E-state index contributed by atoms with van der Waals surface area (Å²) < 4.78 is 1.15. The van der Waals surface area contributed by atoms with E-state index < -0.39 is 0 Å². The number of hydrogen-bond acceptors (Lipinski definition) is 1. The fraction of sp³-hybridized carbons (Fsp3) is 0.625. The van der Waals surface area contributed by atoms with Crippen molar-refractivity contribution in [2.24, 2.45) is 17.8 Å². The molecule has 4 unspecified atom stereocenters. The zero-order chi connectivity index (χ0) is 12.5. The molecule has 2 bridgehead atoms. The third-order valence-corrected chi connectivity index (χ3v) is 5.76. The molecule has 0 saturated heterocycles. The Hall–Kier alpha value is -0.340. The summed E-state index contributed by atoms with van der Waals surface area (Å²) in [7, 11) is 0. The molecule has 3 rings (SSSR count). The fourth-order valence-electron chi connectivity index (χ4n) is 4.14. The van der Waals surface area contributed by atoms with E-state index in [1.165, 1.54) is 37.7 Å². The summed E-state index contributed by atoms with van der Waals surface area (Å²) in [6, 6.07) is 8.35. The van der Waals surface area contributed by atoms with Crippen molar-refractivity contribution in [2.45, 2.75) is 38.0 Å². The Morgan fingerprint density at radius 3 is 2.67 bits per heavy atom. The van der Waals surface area contributed by atoms with Crippen molar-refractivity contribution in [3.8, 4) is 0 Å². The first-order valence-electron chi connectivity index (χ1n) is 7.13. The maximum absolute atomic E-state index is 9.71. The van der Waals surface area contributed by atoms with Crippen LogP contribution in [0.5, 0.6) is 0 Å². The lowest BCUT2D eigenvalue weighted by atomic mass is 9.80. The van der Waals surface area contributed by atoms with Gasteiger partial charge in [0.1, 0.15) is 0 Å². The second-order valence-electron chi connectivity index (χ2n) is 6.07.